The Morgan fingerprint density at radius 2 is 2.19 bits per heavy atom. The van der Waals surface area contributed by atoms with Crippen LogP contribution in [0.2, 0.25) is 5.02 Å². The third-order valence-corrected chi connectivity index (χ3v) is 3.05. The molecule has 0 aliphatic rings. The minimum atomic E-state index is -0.333. The second-order valence-corrected chi connectivity index (χ2v) is 4.39. The lowest BCUT2D eigenvalue weighted by atomic mass is 10.1. The smallest absolute Gasteiger partial charge is 0.252 e. The molecule has 0 aliphatic carbocycles. The Bertz CT molecular complexity index is 434. The maximum absolute atomic E-state index is 11.8. The van der Waals surface area contributed by atoms with Crippen molar-refractivity contribution in [3.05, 3.63) is 34.3 Å². The van der Waals surface area contributed by atoms with Gasteiger partial charge in [-0.3, -0.25) is 4.79 Å². The number of thiocarbonyl (C=S) groups is 1. The van der Waals surface area contributed by atoms with Crippen molar-refractivity contribution in [1.29, 1.82) is 0 Å². The number of nitrogens with two attached hydrogens (primary N) is 1. The zero-order valence-corrected chi connectivity index (χ0v) is 10.7. The van der Waals surface area contributed by atoms with E-state index in [1.165, 1.54) is 0 Å². The Kier molecular flexibility index (Phi) is 4.26. The van der Waals surface area contributed by atoms with E-state index in [4.69, 9.17) is 29.6 Å². The number of nitrogens with one attached hydrogen (secondary N) is 1. The molecule has 3 nitrogen and oxygen atoms in total. The number of hydrogen-bond acceptors (Lipinski definition) is 2. The van der Waals surface area contributed by atoms with Gasteiger partial charge in [-0.05, 0) is 31.5 Å². The summed E-state index contributed by atoms with van der Waals surface area (Å²) in [5.41, 5.74) is 6.71. The topological polar surface area (TPSA) is 55.1 Å². The molecule has 0 heterocycles. The van der Waals surface area contributed by atoms with Crippen LogP contribution in [0.1, 0.15) is 22.8 Å². The van der Waals surface area contributed by atoms with Crippen molar-refractivity contribution >= 4 is 34.7 Å². The van der Waals surface area contributed by atoms with E-state index in [1.807, 2.05) is 0 Å². The van der Waals surface area contributed by atoms with Crippen molar-refractivity contribution in [2.45, 2.75) is 19.9 Å². The number of benzene rings is 1. The number of carbonyl (C=O) groups excluding carboxylic acids is 1. The summed E-state index contributed by atoms with van der Waals surface area (Å²) in [7, 11) is 0. The number of rotatable bonds is 3. The van der Waals surface area contributed by atoms with Gasteiger partial charge in [0.1, 0.15) is 0 Å². The van der Waals surface area contributed by atoms with E-state index in [-0.39, 0.29) is 16.9 Å². The zero-order valence-electron chi connectivity index (χ0n) is 9.08. The molecule has 86 valence electrons. The SMILES string of the molecule is Cc1c(Cl)cccc1C(=O)NC(C)C(N)=S. The second-order valence-electron chi connectivity index (χ2n) is 3.51. The molecular weight excluding hydrogens is 244 g/mol. The molecule has 0 fully saturated rings. The van der Waals surface area contributed by atoms with Crippen LogP contribution >= 0.6 is 23.8 Å². The normalized spacial score (nSPS) is 11.9. The third kappa shape index (κ3) is 2.93. The maximum Gasteiger partial charge on any atom is 0.252 e. The average molecular weight is 257 g/mol. The van der Waals surface area contributed by atoms with E-state index in [2.05, 4.69) is 5.32 Å². The first-order chi connectivity index (χ1) is 7.43. The van der Waals surface area contributed by atoms with Gasteiger partial charge in [-0.25, -0.2) is 0 Å². The van der Waals surface area contributed by atoms with E-state index >= 15 is 0 Å². The van der Waals surface area contributed by atoms with Crippen LogP contribution in [0.5, 0.6) is 0 Å². The lowest BCUT2D eigenvalue weighted by Crippen LogP contribution is -2.41. The summed E-state index contributed by atoms with van der Waals surface area (Å²) in [6, 6.07) is 4.85. The molecule has 1 amide bonds. The van der Waals surface area contributed by atoms with E-state index in [0.29, 0.717) is 10.6 Å². The first-order valence-electron chi connectivity index (χ1n) is 4.78. The molecule has 0 aromatic heterocycles. The molecule has 5 heteroatoms. The number of carbonyl (C=O) groups is 1. The molecule has 0 spiro atoms. The van der Waals surface area contributed by atoms with Crippen molar-refractivity contribution < 1.29 is 4.79 Å². The summed E-state index contributed by atoms with van der Waals surface area (Å²) < 4.78 is 0. The quantitative estimate of drug-likeness (QED) is 0.814. The molecule has 1 aromatic carbocycles. The molecular formula is C11H13ClN2OS. The van der Waals surface area contributed by atoms with E-state index < -0.39 is 0 Å². The molecule has 0 radical (unpaired) electrons. The van der Waals surface area contributed by atoms with Gasteiger partial charge in [0.25, 0.3) is 5.91 Å². The van der Waals surface area contributed by atoms with E-state index in [9.17, 15) is 4.79 Å². The molecule has 0 aliphatic heterocycles. The molecule has 0 saturated heterocycles. The van der Waals surface area contributed by atoms with Gasteiger partial charge in [0.2, 0.25) is 0 Å². The fourth-order valence-electron chi connectivity index (χ4n) is 1.20. The van der Waals surface area contributed by atoms with Crippen molar-refractivity contribution in [2.24, 2.45) is 5.73 Å². The molecule has 1 unspecified atom stereocenters. The Labute approximate surface area is 105 Å². The molecule has 1 aromatic rings. The maximum atomic E-state index is 11.8. The van der Waals surface area contributed by atoms with Crippen LogP contribution in [0.4, 0.5) is 0 Å². The Hall–Kier alpha value is -1.13. The minimum absolute atomic E-state index is 0.222. The number of amides is 1. The Balaban J connectivity index is 2.89. The zero-order chi connectivity index (χ0) is 12.3. The standard InChI is InChI=1S/C11H13ClN2OS/c1-6-8(4-3-5-9(6)12)11(15)14-7(2)10(13)16/h3-5,7H,1-2H3,(H2,13,16)(H,14,15). The Morgan fingerprint density at radius 1 is 1.56 bits per heavy atom. The number of halogens is 1. The van der Waals surface area contributed by atoms with Gasteiger partial charge in [-0.2, -0.15) is 0 Å². The molecule has 0 bridgehead atoms. The summed E-state index contributed by atoms with van der Waals surface area (Å²) in [6.07, 6.45) is 0. The van der Waals surface area contributed by atoms with Gasteiger partial charge >= 0.3 is 0 Å². The summed E-state index contributed by atoms with van der Waals surface area (Å²) in [5, 5.41) is 3.27. The predicted molar refractivity (Wildman–Crippen MR) is 69.9 cm³/mol. The lowest BCUT2D eigenvalue weighted by Gasteiger charge is -2.13. The molecule has 0 saturated carbocycles. The monoisotopic (exact) mass is 256 g/mol. The highest BCUT2D eigenvalue weighted by Gasteiger charge is 2.14. The van der Waals surface area contributed by atoms with Crippen LogP contribution in [-0.2, 0) is 0 Å². The van der Waals surface area contributed by atoms with E-state index in [0.717, 1.165) is 5.56 Å². The van der Waals surface area contributed by atoms with Crippen molar-refractivity contribution in [3.63, 3.8) is 0 Å². The molecule has 3 N–H and O–H groups in total. The summed E-state index contributed by atoms with van der Waals surface area (Å²) in [6.45, 7) is 3.53. The minimum Gasteiger partial charge on any atom is -0.392 e. The van der Waals surface area contributed by atoms with Crippen LogP contribution in [0, 0.1) is 6.92 Å². The van der Waals surface area contributed by atoms with Crippen LogP contribution in [-0.4, -0.2) is 16.9 Å². The molecule has 1 rings (SSSR count). The van der Waals surface area contributed by atoms with Crippen LogP contribution in [0.3, 0.4) is 0 Å². The van der Waals surface area contributed by atoms with Crippen molar-refractivity contribution in [1.82, 2.24) is 5.32 Å². The fourth-order valence-corrected chi connectivity index (χ4v) is 1.43. The van der Waals surface area contributed by atoms with Gasteiger partial charge in [-0.1, -0.05) is 29.9 Å². The summed E-state index contributed by atoms with van der Waals surface area (Å²) in [4.78, 5) is 12.1. The first-order valence-corrected chi connectivity index (χ1v) is 5.57. The molecule has 1 atom stereocenters. The first kappa shape index (κ1) is 12.9. The van der Waals surface area contributed by atoms with Crippen LogP contribution in [0.15, 0.2) is 18.2 Å². The predicted octanol–water partition coefficient (Wildman–Crippen LogP) is 2.05. The highest BCUT2D eigenvalue weighted by atomic mass is 35.5. The highest BCUT2D eigenvalue weighted by molar-refractivity contribution is 7.80. The average Bonchev–Trinajstić information content (AvgIpc) is 2.21. The Morgan fingerprint density at radius 3 is 2.75 bits per heavy atom. The summed E-state index contributed by atoms with van der Waals surface area (Å²) >= 11 is 10.7. The van der Waals surface area contributed by atoms with Crippen molar-refractivity contribution in [3.8, 4) is 0 Å². The highest BCUT2D eigenvalue weighted by Crippen LogP contribution is 2.18. The van der Waals surface area contributed by atoms with Gasteiger partial charge in [-0.15, -0.1) is 0 Å². The molecule has 16 heavy (non-hydrogen) atoms. The van der Waals surface area contributed by atoms with Gasteiger partial charge in [0.15, 0.2) is 0 Å². The number of hydrogen-bond donors (Lipinski definition) is 2. The fraction of sp³-hybridized carbons (Fsp3) is 0.273. The lowest BCUT2D eigenvalue weighted by molar-refractivity contribution is 0.0948. The van der Waals surface area contributed by atoms with Crippen LogP contribution < -0.4 is 11.1 Å². The van der Waals surface area contributed by atoms with Gasteiger partial charge in [0.05, 0.1) is 11.0 Å². The van der Waals surface area contributed by atoms with E-state index in [1.54, 1.807) is 32.0 Å². The van der Waals surface area contributed by atoms with Crippen LogP contribution in [0.25, 0.3) is 0 Å². The van der Waals surface area contributed by atoms with Gasteiger partial charge in [0, 0.05) is 10.6 Å². The van der Waals surface area contributed by atoms with Gasteiger partial charge < -0.3 is 11.1 Å². The largest absolute Gasteiger partial charge is 0.392 e. The third-order valence-electron chi connectivity index (χ3n) is 2.29. The van der Waals surface area contributed by atoms with Crippen molar-refractivity contribution in [2.75, 3.05) is 0 Å². The second kappa shape index (κ2) is 5.27. The summed E-state index contributed by atoms with van der Waals surface area (Å²) in [5.74, 6) is -0.222.